The summed E-state index contributed by atoms with van der Waals surface area (Å²) in [5, 5.41) is 6.21. The summed E-state index contributed by atoms with van der Waals surface area (Å²) in [6, 6.07) is 29.4. The average Bonchev–Trinajstić information content (AvgIpc) is 3.29. The number of benzene rings is 3. The molecule has 4 rings (SSSR count). The molecule has 38 heavy (non-hydrogen) atoms. The Morgan fingerprint density at radius 2 is 0.895 bits per heavy atom. The van der Waals surface area contributed by atoms with E-state index in [-0.39, 0.29) is 0 Å². The molecule has 1 aliphatic carbocycles. The summed E-state index contributed by atoms with van der Waals surface area (Å²) in [6.07, 6.45) is 15.8. The van der Waals surface area contributed by atoms with Crippen molar-refractivity contribution in [3.63, 3.8) is 0 Å². The van der Waals surface area contributed by atoms with Crippen LogP contribution >= 0.6 is 0 Å². The van der Waals surface area contributed by atoms with Gasteiger partial charge < -0.3 is 0 Å². The normalized spacial score (nSPS) is 15.4. The summed E-state index contributed by atoms with van der Waals surface area (Å²) in [7, 11) is -2.46. The van der Waals surface area contributed by atoms with E-state index in [1.54, 1.807) is 5.20 Å². The lowest BCUT2D eigenvalue weighted by Crippen LogP contribution is -2.69. The predicted molar refractivity (Wildman–Crippen MR) is 171 cm³/mol. The van der Waals surface area contributed by atoms with Crippen molar-refractivity contribution in [2.45, 2.75) is 92.4 Å². The minimum Gasteiger partial charge on any atom is -0.0777 e. The summed E-state index contributed by atoms with van der Waals surface area (Å²) >= 11 is 0. The summed E-state index contributed by atoms with van der Waals surface area (Å²) in [4.78, 5) is 0. The number of unbranched alkanes of at least 4 members (excludes halogenated alkanes) is 3. The van der Waals surface area contributed by atoms with Crippen LogP contribution in [0.2, 0.25) is 0 Å². The highest BCUT2D eigenvalue weighted by atomic mass is 28.3. The van der Waals surface area contributed by atoms with Gasteiger partial charge in [-0.05, 0) is 83.6 Å². The average molecular weight is 521 g/mol. The molecule has 0 spiro atoms. The van der Waals surface area contributed by atoms with Crippen molar-refractivity contribution in [2.24, 2.45) is 5.92 Å². The van der Waals surface area contributed by atoms with Crippen LogP contribution < -0.4 is 15.6 Å². The van der Waals surface area contributed by atoms with Gasteiger partial charge in [0.1, 0.15) is 0 Å². The van der Waals surface area contributed by atoms with Crippen LogP contribution in [0, 0.1) is 5.92 Å². The zero-order valence-electron chi connectivity index (χ0n) is 24.5. The van der Waals surface area contributed by atoms with Gasteiger partial charge in [-0.3, -0.25) is 0 Å². The Kier molecular flexibility index (Phi) is 10.0. The Balaban J connectivity index is 1.93. The second-order valence-corrected chi connectivity index (χ2v) is 15.2. The molecule has 0 fully saturated rings. The molecule has 200 valence electrons. The van der Waals surface area contributed by atoms with Gasteiger partial charge in [0, 0.05) is 0 Å². The van der Waals surface area contributed by atoms with Gasteiger partial charge in [0.25, 0.3) is 0 Å². The number of hydrogen-bond donors (Lipinski definition) is 0. The first-order valence-corrected chi connectivity index (χ1v) is 17.2. The van der Waals surface area contributed by atoms with Crippen molar-refractivity contribution in [1.82, 2.24) is 0 Å². The highest BCUT2D eigenvalue weighted by Gasteiger charge is 2.46. The van der Waals surface area contributed by atoms with Crippen LogP contribution in [-0.4, -0.2) is 8.07 Å². The highest BCUT2D eigenvalue weighted by molar-refractivity contribution is 7.16. The first kappa shape index (κ1) is 28.4. The highest BCUT2D eigenvalue weighted by Crippen LogP contribution is 2.33. The first-order chi connectivity index (χ1) is 18.5. The van der Waals surface area contributed by atoms with E-state index in [4.69, 9.17) is 0 Å². The number of hydrogen-bond acceptors (Lipinski definition) is 0. The summed E-state index contributed by atoms with van der Waals surface area (Å²) in [5.41, 5.74) is 5.86. The standard InChI is InChI=1S/C37H48Si/c1-6-9-12-31-17-23-34(24-18-31)38(37-29(4)15-16-30(37)5,35-25-19-32(20-26-35)13-10-7-2)36-27-21-33(22-28-36)14-11-8-3/h15-29H,6-14H2,1-5H3. The molecule has 1 aliphatic rings. The molecule has 0 amide bonds. The number of rotatable bonds is 13. The van der Waals surface area contributed by atoms with Gasteiger partial charge in [-0.15, -0.1) is 0 Å². The van der Waals surface area contributed by atoms with Crippen LogP contribution in [0.4, 0.5) is 0 Å². The lowest BCUT2D eigenvalue weighted by Gasteiger charge is -2.38. The third-order valence-corrected chi connectivity index (χ3v) is 13.8. The molecule has 0 aliphatic heterocycles. The summed E-state index contributed by atoms with van der Waals surface area (Å²) < 4.78 is 0. The second-order valence-electron chi connectivity index (χ2n) is 11.4. The van der Waals surface area contributed by atoms with E-state index in [1.165, 1.54) is 95.6 Å². The maximum Gasteiger partial charge on any atom is 0.176 e. The third-order valence-electron chi connectivity index (χ3n) is 8.54. The fourth-order valence-corrected chi connectivity index (χ4v) is 11.7. The van der Waals surface area contributed by atoms with Crippen LogP contribution in [0.25, 0.3) is 0 Å². The monoisotopic (exact) mass is 520 g/mol. The van der Waals surface area contributed by atoms with Crippen molar-refractivity contribution >= 4 is 23.6 Å². The van der Waals surface area contributed by atoms with Gasteiger partial charge in [-0.25, -0.2) is 0 Å². The molecule has 0 nitrogen and oxygen atoms in total. The molecular formula is C37H48Si. The van der Waals surface area contributed by atoms with Gasteiger partial charge >= 0.3 is 0 Å². The van der Waals surface area contributed by atoms with Gasteiger partial charge in [0.05, 0.1) is 0 Å². The third kappa shape index (κ3) is 5.99. The van der Waals surface area contributed by atoms with E-state index in [0.717, 1.165) is 0 Å². The van der Waals surface area contributed by atoms with Crippen molar-refractivity contribution in [3.8, 4) is 0 Å². The molecule has 3 aromatic carbocycles. The van der Waals surface area contributed by atoms with Crippen molar-refractivity contribution in [3.05, 3.63) is 112 Å². The maximum atomic E-state index is 2.48. The topological polar surface area (TPSA) is 0 Å². The summed E-state index contributed by atoms with van der Waals surface area (Å²) in [5.74, 6) is 0.445. The van der Waals surface area contributed by atoms with Crippen molar-refractivity contribution < 1.29 is 0 Å². The Hall–Kier alpha value is -2.64. The van der Waals surface area contributed by atoms with E-state index in [9.17, 15) is 0 Å². The zero-order valence-corrected chi connectivity index (χ0v) is 25.5. The van der Waals surface area contributed by atoms with Crippen molar-refractivity contribution in [1.29, 1.82) is 0 Å². The Bertz CT molecular complexity index is 1080. The SMILES string of the molecule is CCCCc1ccc([Si](C2=C(C)C=CC2C)(c2ccc(CCCC)cc2)c2ccc(CCCC)cc2)cc1. The molecule has 0 N–H and O–H groups in total. The maximum absolute atomic E-state index is 2.48. The molecule has 1 unspecified atom stereocenters. The minimum atomic E-state index is -2.46. The Morgan fingerprint density at radius 3 is 1.16 bits per heavy atom. The van der Waals surface area contributed by atoms with Crippen LogP contribution in [0.5, 0.6) is 0 Å². The molecule has 0 aromatic heterocycles. The molecule has 0 saturated carbocycles. The van der Waals surface area contributed by atoms with Crippen LogP contribution in [0.15, 0.2) is 95.7 Å². The Morgan fingerprint density at radius 1 is 0.553 bits per heavy atom. The van der Waals surface area contributed by atoms with Gasteiger partial charge in [0.2, 0.25) is 0 Å². The molecule has 0 saturated heterocycles. The molecule has 0 heterocycles. The molecule has 0 radical (unpaired) electrons. The van der Waals surface area contributed by atoms with Crippen molar-refractivity contribution in [2.75, 3.05) is 0 Å². The van der Waals surface area contributed by atoms with E-state index in [2.05, 4.69) is 120 Å². The molecule has 1 heteroatoms. The fourth-order valence-electron chi connectivity index (χ4n) is 6.34. The molecule has 3 aromatic rings. The van der Waals surface area contributed by atoms with E-state index in [0.29, 0.717) is 5.92 Å². The van der Waals surface area contributed by atoms with Crippen LogP contribution in [0.3, 0.4) is 0 Å². The number of allylic oxidation sites excluding steroid dienone is 4. The predicted octanol–water partition coefficient (Wildman–Crippen LogP) is 8.25. The van der Waals surface area contributed by atoms with Crippen LogP contribution in [-0.2, 0) is 19.3 Å². The summed E-state index contributed by atoms with van der Waals surface area (Å²) in [6.45, 7) is 11.6. The second kappa shape index (κ2) is 13.4. The fraction of sp³-hybridized carbons (Fsp3) is 0.405. The van der Waals surface area contributed by atoms with Gasteiger partial charge in [-0.1, -0.05) is 143 Å². The Labute approximate surface area is 233 Å². The minimum absolute atomic E-state index is 0.445. The van der Waals surface area contributed by atoms with Crippen LogP contribution in [0.1, 0.15) is 89.8 Å². The van der Waals surface area contributed by atoms with E-state index >= 15 is 0 Å². The van der Waals surface area contributed by atoms with Gasteiger partial charge in [-0.2, -0.15) is 0 Å². The molecular weight excluding hydrogens is 472 g/mol. The lowest BCUT2D eigenvalue weighted by atomic mass is 10.1. The van der Waals surface area contributed by atoms with E-state index < -0.39 is 8.07 Å². The van der Waals surface area contributed by atoms with E-state index in [1.807, 2.05) is 0 Å². The quantitative estimate of drug-likeness (QED) is 0.157. The lowest BCUT2D eigenvalue weighted by molar-refractivity contribution is 0.795. The number of aryl methyl sites for hydroxylation is 3. The first-order valence-electron chi connectivity index (χ1n) is 15.2. The molecule has 0 bridgehead atoms. The van der Waals surface area contributed by atoms with Gasteiger partial charge in [0.15, 0.2) is 8.07 Å². The largest absolute Gasteiger partial charge is 0.176 e. The smallest absolute Gasteiger partial charge is 0.0777 e. The zero-order chi connectivity index (χ0) is 27.0. The molecule has 1 atom stereocenters.